The molecule has 1 amide bonds. The van der Waals surface area contributed by atoms with E-state index in [-0.39, 0.29) is 31.1 Å². The number of carbonyl (C=O) groups is 2. The average Bonchev–Trinajstić information content (AvgIpc) is 3.33. The Labute approximate surface area is 184 Å². The maximum Gasteiger partial charge on any atom is 0.471 e. The van der Waals surface area contributed by atoms with Gasteiger partial charge in [0.25, 0.3) is 0 Å². The number of rotatable bonds is 4. The molecule has 0 aliphatic carbocycles. The van der Waals surface area contributed by atoms with Crippen molar-refractivity contribution in [1.82, 2.24) is 0 Å². The number of benzene rings is 2. The third-order valence-electron chi connectivity index (χ3n) is 5.09. The minimum absolute atomic E-state index is 0.00460. The predicted octanol–water partition coefficient (Wildman–Crippen LogP) is 4.86. The first-order valence-electron chi connectivity index (χ1n) is 9.48. The number of hydrogen-bond donors (Lipinski definition) is 0. The van der Waals surface area contributed by atoms with E-state index in [4.69, 9.17) is 14.2 Å². The molecule has 2 atom stereocenters. The lowest BCUT2D eigenvalue weighted by molar-refractivity contribution is -0.171. The van der Waals surface area contributed by atoms with Crippen LogP contribution in [0.5, 0.6) is 11.5 Å². The van der Waals surface area contributed by atoms with Gasteiger partial charge in [-0.15, -0.1) is 0 Å². The Morgan fingerprint density at radius 3 is 2.65 bits per heavy atom. The van der Waals surface area contributed by atoms with Gasteiger partial charge in [0.1, 0.15) is 24.7 Å². The molecule has 31 heavy (non-hydrogen) atoms. The zero-order valence-electron chi connectivity index (χ0n) is 16.2. The number of carbonyl (C=O) groups excluding carboxylic acids is 2. The van der Waals surface area contributed by atoms with Crippen LogP contribution in [0.3, 0.4) is 0 Å². The number of hydrogen-bond acceptors (Lipinski definition) is 5. The number of nitrogens with zero attached hydrogens (tertiary/aromatic N) is 1. The number of fused-ring (bicyclic) bond motifs is 2. The summed E-state index contributed by atoms with van der Waals surface area (Å²) in [6.07, 6.45) is -5.54. The predicted molar refractivity (Wildman–Crippen MR) is 107 cm³/mol. The number of para-hydroxylation sites is 1. The normalized spacial score (nSPS) is 19.1. The van der Waals surface area contributed by atoms with Crippen molar-refractivity contribution in [2.24, 2.45) is 0 Å². The summed E-state index contributed by atoms with van der Waals surface area (Å²) in [5.41, 5.74) is 1.00. The summed E-state index contributed by atoms with van der Waals surface area (Å²) in [6, 6.07) is 8.28. The molecule has 2 aliphatic rings. The Morgan fingerprint density at radius 2 is 1.94 bits per heavy atom. The number of anilines is 1. The van der Waals surface area contributed by atoms with E-state index in [1.807, 2.05) is 0 Å². The van der Waals surface area contributed by atoms with Crippen LogP contribution in [-0.2, 0) is 14.3 Å². The van der Waals surface area contributed by atoms with Crippen LogP contribution < -0.4 is 14.4 Å². The van der Waals surface area contributed by atoms with Crippen LogP contribution in [-0.4, -0.2) is 31.3 Å². The molecule has 0 radical (unpaired) electrons. The third-order valence-corrected chi connectivity index (χ3v) is 5.71. The van der Waals surface area contributed by atoms with Gasteiger partial charge in [-0.2, -0.15) is 13.2 Å². The zero-order chi connectivity index (χ0) is 22.3. The van der Waals surface area contributed by atoms with Crippen molar-refractivity contribution in [3.63, 3.8) is 0 Å². The quantitative estimate of drug-likeness (QED) is 0.561. The van der Waals surface area contributed by atoms with E-state index in [9.17, 15) is 22.8 Å². The summed E-state index contributed by atoms with van der Waals surface area (Å²) in [7, 11) is 0. The zero-order valence-corrected chi connectivity index (χ0v) is 17.8. The van der Waals surface area contributed by atoms with Crippen molar-refractivity contribution < 1.29 is 37.0 Å². The van der Waals surface area contributed by atoms with Gasteiger partial charge in [-0.1, -0.05) is 19.1 Å². The molecule has 0 fully saturated rings. The third kappa shape index (κ3) is 3.96. The van der Waals surface area contributed by atoms with Crippen molar-refractivity contribution in [3.05, 3.63) is 52.0 Å². The number of amides is 1. The lowest BCUT2D eigenvalue weighted by Crippen LogP contribution is -2.44. The van der Waals surface area contributed by atoms with Crippen LogP contribution in [0.2, 0.25) is 0 Å². The van der Waals surface area contributed by atoms with Gasteiger partial charge in [-0.3, -0.25) is 14.5 Å². The highest BCUT2D eigenvalue weighted by atomic mass is 79.9. The molecule has 0 spiro atoms. The lowest BCUT2D eigenvalue weighted by Gasteiger charge is -2.29. The van der Waals surface area contributed by atoms with Crippen LogP contribution in [0.15, 0.2) is 40.9 Å². The summed E-state index contributed by atoms with van der Waals surface area (Å²) in [6.45, 7) is 1.58. The SMILES string of the molecule is CCC(=O)O[C@@H]1COc2cc(N(C(=O)C(F)(F)F)C3COc4c(Br)cccc43)ccc21. The van der Waals surface area contributed by atoms with Gasteiger partial charge >= 0.3 is 18.1 Å². The highest BCUT2D eigenvalue weighted by Gasteiger charge is 2.48. The minimum atomic E-state index is -5.09. The Balaban J connectivity index is 1.73. The lowest BCUT2D eigenvalue weighted by atomic mass is 10.0. The highest BCUT2D eigenvalue weighted by molar-refractivity contribution is 9.10. The molecule has 0 N–H and O–H groups in total. The second-order valence-corrected chi connectivity index (χ2v) is 7.88. The van der Waals surface area contributed by atoms with Gasteiger partial charge in [0, 0.05) is 29.3 Å². The molecule has 164 valence electrons. The second kappa shape index (κ2) is 8.07. The molecule has 6 nitrogen and oxygen atoms in total. The van der Waals surface area contributed by atoms with E-state index in [0.717, 1.165) is 0 Å². The molecule has 4 rings (SSSR count). The second-order valence-electron chi connectivity index (χ2n) is 7.02. The van der Waals surface area contributed by atoms with Crippen molar-refractivity contribution in [3.8, 4) is 11.5 Å². The van der Waals surface area contributed by atoms with E-state index < -0.39 is 30.2 Å². The molecule has 0 saturated carbocycles. The van der Waals surface area contributed by atoms with Gasteiger partial charge in [-0.25, -0.2) is 0 Å². The van der Waals surface area contributed by atoms with E-state index >= 15 is 0 Å². The van der Waals surface area contributed by atoms with Crippen molar-refractivity contribution in [2.45, 2.75) is 31.7 Å². The first-order chi connectivity index (χ1) is 14.7. The fraction of sp³-hybridized carbons (Fsp3) is 0.333. The molecule has 0 saturated heterocycles. The van der Waals surface area contributed by atoms with E-state index in [1.165, 1.54) is 18.2 Å². The maximum absolute atomic E-state index is 13.5. The number of ether oxygens (including phenoxy) is 3. The van der Waals surface area contributed by atoms with Crippen LogP contribution >= 0.6 is 15.9 Å². The number of esters is 1. The fourth-order valence-electron chi connectivity index (χ4n) is 3.64. The first kappa shape index (κ1) is 21.5. The Hall–Kier alpha value is -2.75. The fourth-order valence-corrected chi connectivity index (χ4v) is 4.14. The smallest absolute Gasteiger partial charge is 0.471 e. The summed E-state index contributed by atoms with van der Waals surface area (Å²) in [5, 5.41) is 0. The molecule has 0 bridgehead atoms. The monoisotopic (exact) mass is 499 g/mol. The molecule has 2 aromatic rings. The van der Waals surface area contributed by atoms with Crippen molar-refractivity contribution in [2.75, 3.05) is 18.1 Å². The van der Waals surface area contributed by atoms with E-state index in [2.05, 4.69) is 15.9 Å². The standard InChI is InChI=1S/C21H17BrF3NO5/c1-2-18(27)31-17-10-29-16-8-11(6-7-13(16)17)26(20(28)21(23,24)25)15-9-30-19-12(15)4-3-5-14(19)22/h3-8,15,17H,2,9-10H2,1H3/t15?,17-/m1/s1. The van der Waals surface area contributed by atoms with Crippen LogP contribution in [0.25, 0.3) is 0 Å². The minimum Gasteiger partial charge on any atom is -0.490 e. The number of alkyl halides is 3. The van der Waals surface area contributed by atoms with Gasteiger partial charge in [0.2, 0.25) is 0 Å². The Kier molecular flexibility index (Phi) is 5.59. The molecule has 10 heteroatoms. The van der Waals surface area contributed by atoms with Crippen molar-refractivity contribution >= 4 is 33.5 Å². The summed E-state index contributed by atoms with van der Waals surface area (Å²) < 4.78 is 57.4. The Morgan fingerprint density at radius 1 is 1.16 bits per heavy atom. The van der Waals surface area contributed by atoms with Gasteiger partial charge in [0.05, 0.1) is 10.5 Å². The van der Waals surface area contributed by atoms with E-state index in [1.54, 1.807) is 25.1 Å². The maximum atomic E-state index is 13.5. The van der Waals surface area contributed by atoms with Gasteiger partial charge in [0.15, 0.2) is 6.10 Å². The first-order valence-corrected chi connectivity index (χ1v) is 10.3. The Bertz CT molecular complexity index is 1040. The van der Waals surface area contributed by atoms with Crippen molar-refractivity contribution in [1.29, 1.82) is 0 Å². The molecular formula is C21H17BrF3NO5. The number of halogens is 4. The molecule has 1 unspecified atom stereocenters. The average molecular weight is 500 g/mol. The van der Waals surface area contributed by atoms with Crippen LogP contribution in [0, 0.1) is 0 Å². The van der Waals surface area contributed by atoms with Gasteiger partial charge < -0.3 is 14.2 Å². The highest BCUT2D eigenvalue weighted by Crippen LogP contribution is 2.45. The largest absolute Gasteiger partial charge is 0.490 e. The van der Waals surface area contributed by atoms with Gasteiger partial charge in [-0.05, 0) is 34.1 Å². The summed E-state index contributed by atoms with van der Waals surface area (Å²) in [5.74, 6) is -1.76. The molecule has 0 aromatic heterocycles. The summed E-state index contributed by atoms with van der Waals surface area (Å²) in [4.78, 5) is 24.7. The summed E-state index contributed by atoms with van der Waals surface area (Å²) >= 11 is 3.32. The van der Waals surface area contributed by atoms with Crippen LogP contribution in [0.4, 0.5) is 18.9 Å². The topological polar surface area (TPSA) is 65.1 Å². The van der Waals surface area contributed by atoms with E-state index in [0.29, 0.717) is 26.2 Å². The molecule has 2 heterocycles. The molecule has 2 aliphatic heterocycles. The van der Waals surface area contributed by atoms with Crippen LogP contribution in [0.1, 0.15) is 36.6 Å². The molecule has 2 aromatic carbocycles. The molecular weight excluding hydrogens is 483 g/mol.